The molecular weight excluding hydrogens is 250 g/mol. The van der Waals surface area contributed by atoms with Crippen LogP contribution < -0.4 is 5.32 Å². The molecule has 1 amide bonds. The van der Waals surface area contributed by atoms with Crippen molar-refractivity contribution in [2.45, 2.75) is 45.4 Å². The zero-order chi connectivity index (χ0) is 13.4. The minimum atomic E-state index is -0.760. The van der Waals surface area contributed by atoms with Gasteiger partial charge in [-0.15, -0.1) is 0 Å². The number of thioether (sulfide) groups is 1. The molecule has 0 heterocycles. The SMILES string of the molecule is CCCSCC(=O)NCC1(C(=O)O)CCCCC1. The van der Waals surface area contributed by atoms with Gasteiger partial charge in [0.1, 0.15) is 0 Å². The van der Waals surface area contributed by atoms with Crippen molar-refractivity contribution in [1.29, 1.82) is 0 Å². The molecule has 104 valence electrons. The van der Waals surface area contributed by atoms with E-state index in [1.165, 1.54) is 0 Å². The van der Waals surface area contributed by atoms with Gasteiger partial charge in [-0.2, -0.15) is 11.8 Å². The first-order valence-corrected chi connectivity index (χ1v) is 7.84. The predicted molar refractivity (Wildman–Crippen MR) is 73.8 cm³/mol. The second-order valence-electron chi connectivity index (χ2n) is 4.98. The smallest absolute Gasteiger partial charge is 0.311 e. The highest BCUT2D eigenvalue weighted by Crippen LogP contribution is 2.35. The van der Waals surface area contributed by atoms with Gasteiger partial charge in [-0.1, -0.05) is 26.2 Å². The molecule has 0 radical (unpaired) electrons. The second-order valence-corrected chi connectivity index (χ2v) is 6.08. The van der Waals surface area contributed by atoms with Gasteiger partial charge < -0.3 is 10.4 Å². The van der Waals surface area contributed by atoms with E-state index in [9.17, 15) is 14.7 Å². The summed E-state index contributed by atoms with van der Waals surface area (Å²) in [6.45, 7) is 2.36. The number of aliphatic carboxylic acids is 1. The Morgan fingerprint density at radius 1 is 1.28 bits per heavy atom. The quantitative estimate of drug-likeness (QED) is 0.698. The molecule has 0 atom stereocenters. The first-order valence-electron chi connectivity index (χ1n) is 6.68. The first kappa shape index (κ1) is 15.3. The number of carbonyl (C=O) groups is 2. The number of amides is 1. The molecule has 0 aromatic heterocycles. The van der Waals surface area contributed by atoms with Crippen molar-refractivity contribution >= 4 is 23.6 Å². The molecule has 1 fully saturated rings. The van der Waals surface area contributed by atoms with E-state index in [-0.39, 0.29) is 12.5 Å². The Labute approximate surface area is 113 Å². The highest BCUT2D eigenvalue weighted by molar-refractivity contribution is 7.99. The molecule has 5 heteroatoms. The average Bonchev–Trinajstić information content (AvgIpc) is 2.37. The van der Waals surface area contributed by atoms with Crippen LogP contribution in [0.25, 0.3) is 0 Å². The van der Waals surface area contributed by atoms with E-state index in [4.69, 9.17) is 0 Å². The van der Waals surface area contributed by atoms with Gasteiger partial charge in [-0.05, 0) is 25.0 Å². The highest BCUT2D eigenvalue weighted by Gasteiger charge is 2.39. The molecular formula is C13H23NO3S. The fraction of sp³-hybridized carbons (Fsp3) is 0.846. The molecule has 18 heavy (non-hydrogen) atoms. The molecule has 2 N–H and O–H groups in total. The van der Waals surface area contributed by atoms with Gasteiger partial charge in [-0.25, -0.2) is 0 Å². The normalized spacial score (nSPS) is 18.3. The molecule has 0 aromatic rings. The monoisotopic (exact) mass is 273 g/mol. The van der Waals surface area contributed by atoms with E-state index < -0.39 is 11.4 Å². The van der Waals surface area contributed by atoms with E-state index in [0.29, 0.717) is 18.6 Å². The number of nitrogens with one attached hydrogen (secondary N) is 1. The lowest BCUT2D eigenvalue weighted by Gasteiger charge is -2.33. The van der Waals surface area contributed by atoms with E-state index in [0.717, 1.165) is 31.4 Å². The van der Waals surface area contributed by atoms with Gasteiger partial charge in [0.2, 0.25) is 5.91 Å². The molecule has 1 aliphatic carbocycles. The van der Waals surface area contributed by atoms with E-state index in [1.807, 2.05) is 0 Å². The zero-order valence-corrected chi connectivity index (χ0v) is 11.9. The maximum absolute atomic E-state index is 11.6. The summed E-state index contributed by atoms with van der Waals surface area (Å²) in [5.41, 5.74) is -0.719. The Hall–Kier alpha value is -0.710. The third-order valence-corrected chi connectivity index (χ3v) is 4.63. The fourth-order valence-corrected chi connectivity index (χ4v) is 3.04. The molecule has 0 bridgehead atoms. The Morgan fingerprint density at radius 2 is 1.94 bits per heavy atom. The number of carboxylic acids is 1. The van der Waals surface area contributed by atoms with E-state index in [1.54, 1.807) is 11.8 Å². The summed E-state index contributed by atoms with van der Waals surface area (Å²) in [4.78, 5) is 23.0. The molecule has 0 unspecified atom stereocenters. The van der Waals surface area contributed by atoms with Gasteiger partial charge >= 0.3 is 5.97 Å². The third-order valence-electron chi connectivity index (χ3n) is 3.47. The average molecular weight is 273 g/mol. The lowest BCUT2D eigenvalue weighted by Crippen LogP contribution is -2.44. The van der Waals surface area contributed by atoms with Crippen molar-refractivity contribution in [3.05, 3.63) is 0 Å². The zero-order valence-electron chi connectivity index (χ0n) is 11.0. The van der Waals surface area contributed by atoms with Gasteiger partial charge in [0, 0.05) is 6.54 Å². The van der Waals surface area contributed by atoms with Crippen molar-refractivity contribution in [2.24, 2.45) is 5.41 Å². The maximum atomic E-state index is 11.6. The number of carbonyl (C=O) groups excluding carboxylic acids is 1. The van der Waals surface area contributed by atoms with Crippen LogP contribution in [0.3, 0.4) is 0 Å². The number of hydrogen-bond donors (Lipinski definition) is 2. The molecule has 0 aromatic carbocycles. The van der Waals surface area contributed by atoms with Crippen LogP contribution in [0.4, 0.5) is 0 Å². The molecule has 1 saturated carbocycles. The molecule has 4 nitrogen and oxygen atoms in total. The number of carboxylic acid groups (broad SMARTS) is 1. The van der Waals surface area contributed by atoms with Crippen LogP contribution >= 0.6 is 11.8 Å². The molecule has 0 saturated heterocycles. The van der Waals surface area contributed by atoms with Crippen LogP contribution in [0.1, 0.15) is 45.4 Å². The Bertz CT molecular complexity index is 288. The van der Waals surface area contributed by atoms with Gasteiger partial charge in [0.05, 0.1) is 11.2 Å². The molecule has 1 aliphatic rings. The number of rotatable bonds is 7. The lowest BCUT2D eigenvalue weighted by atomic mass is 9.74. The van der Waals surface area contributed by atoms with Crippen LogP contribution in [0, 0.1) is 5.41 Å². The third kappa shape index (κ3) is 4.52. The molecule has 1 rings (SSSR count). The van der Waals surface area contributed by atoms with E-state index >= 15 is 0 Å². The summed E-state index contributed by atoms with van der Waals surface area (Å²) in [7, 11) is 0. The van der Waals surface area contributed by atoms with Crippen LogP contribution in [0.2, 0.25) is 0 Å². The summed E-state index contributed by atoms with van der Waals surface area (Å²) < 4.78 is 0. The van der Waals surface area contributed by atoms with Gasteiger partial charge in [0.25, 0.3) is 0 Å². The summed E-state index contributed by atoms with van der Waals surface area (Å²) >= 11 is 1.60. The second kappa shape index (κ2) is 7.67. The minimum Gasteiger partial charge on any atom is -0.481 e. The van der Waals surface area contributed by atoms with E-state index in [2.05, 4.69) is 12.2 Å². The van der Waals surface area contributed by atoms with Crippen LogP contribution in [0.5, 0.6) is 0 Å². The Balaban J connectivity index is 2.38. The maximum Gasteiger partial charge on any atom is 0.311 e. The first-order chi connectivity index (χ1) is 8.60. The van der Waals surface area contributed by atoms with Crippen molar-refractivity contribution in [3.63, 3.8) is 0 Å². The molecule has 0 spiro atoms. The summed E-state index contributed by atoms with van der Waals surface area (Å²) in [5, 5.41) is 12.2. The van der Waals surface area contributed by atoms with Crippen LogP contribution in [0.15, 0.2) is 0 Å². The largest absolute Gasteiger partial charge is 0.481 e. The van der Waals surface area contributed by atoms with Crippen molar-refractivity contribution in [3.8, 4) is 0 Å². The van der Waals surface area contributed by atoms with Gasteiger partial charge in [0.15, 0.2) is 0 Å². The summed E-state index contributed by atoms with van der Waals surface area (Å²) in [6.07, 6.45) is 5.43. The van der Waals surface area contributed by atoms with Crippen LogP contribution in [-0.2, 0) is 9.59 Å². The van der Waals surface area contributed by atoms with Gasteiger partial charge in [-0.3, -0.25) is 9.59 Å². The Kier molecular flexibility index (Phi) is 6.54. The number of hydrogen-bond acceptors (Lipinski definition) is 3. The van der Waals surface area contributed by atoms with Crippen molar-refractivity contribution < 1.29 is 14.7 Å². The van der Waals surface area contributed by atoms with Crippen LogP contribution in [-0.4, -0.2) is 35.0 Å². The highest BCUT2D eigenvalue weighted by atomic mass is 32.2. The standard InChI is InChI=1S/C13H23NO3S/c1-2-8-18-9-11(15)14-10-13(12(16)17)6-4-3-5-7-13/h2-10H2,1H3,(H,14,15)(H,16,17). The molecule has 0 aliphatic heterocycles. The lowest BCUT2D eigenvalue weighted by molar-refractivity contribution is -0.150. The topological polar surface area (TPSA) is 66.4 Å². The Morgan fingerprint density at radius 3 is 2.50 bits per heavy atom. The summed E-state index contributed by atoms with van der Waals surface area (Å²) in [6, 6.07) is 0. The van der Waals surface area contributed by atoms with Crippen molar-refractivity contribution in [2.75, 3.05) is 18.1 Å². The van der Waals surface area contributed by atoms with Crippen molar-refractivity contribution in [1.82, 2.24) is 5.32 Å². The summed E-state index contributed by atoms with van der Waals surface area (Å²) in [5.74, 6) is 0.601. The minimum absolute atomic E-state index is 0.0420. The fourth-order valence-electron chi connectivity index (χ4n) is 2.32. The predicted octanol–water partition coefficient (Wildman–Crippen LogP) is 2.28.